The summed E-state index contributed by atoms with van der Waals surface area (Å²) in [5.41, 5.74) is 1.01. The van der Waals surface area contributed by atoms with E-state index in [4.69, 9.17) is 4.74 Å². The zero-order valence-corrected chi connectivity index (χ0v) is 8.24. The number of benzene rings is 1. The van der Waals surface area contributed by atoms with Crippen LogP contribution in [0.3, 0.4) is 0 Å². The van der Waals surface area contributed by atoms with Crippen LogP contribution >= 0.6 is 11.3 Å². The van der Waals surface area contributed by atoms with Crippen LogP contribution in [0, 0.1) is 12.7 Å². The Labute approximate surface area is 79.8 Å². The van der Waals surface area contributed by atoms with Crippen LogP contribution in [0.25, 0.3) is 10.1 Å². The zero-order valence-electron chi connectivity index (χ0n) is 7.43. The highest BCUT2D eigenvalue weighted by Gasteiger charge is 2.09. The Kier molecular flexibility index (Phi) is 1.96. The van der Waals surface area contributed by atoms with Crippen molar-refractivity contribution in [1.82, 2.24) is 0 Å². The number of ether oxygens (including phenoxy) is 1. The van der Waals surface area contributed by atoms with E-state index in [1.54, 1.807) is 13.2 Å². The van der Waals surface area contributed by atoms with Gasteiger partial charge >= 0.3 is 0 Å². The van der Waals surface area contributed by atoms with Crippen LogP contribution in [0.4, 0.5) is 4.39 Å². The lowest BCUT2D eigenvalue weighted by atomic mass is 10.1. The molecule has 0 N–H and O–H groups in total. The van der Waals surface area contributed by atoms with Crippen molar-refractivity contribution in [3.05, 3.63) is 28.9 Å². The lowest BCUT2D eigenvalue weighted by molar-refractivity contribution is 0.409. The van der Waals surface area contributed by atoms with Crippen molar-refractivity contribution < 1.29 is 9.13 Å². The van der Waals surface area contributed by atoms with Gasteiger partial charge in [0.1, 0.15) is 11.6 Å². The van der Waals surface area contributed by atoms with Crippen molar-refractivity contribution in [2.75, 3.05) is 7.11 Å². The first-order chi connectivity index (χ1) is 6.24. The van der Waals surface area contributed by atoms with Gasteiger partial charge in [0.15, 0.2) is 0 Å². The maximum atomic E-state index is 13.4. The third-order valence-corrected chi connectivity index (χ3v) is 3.14. The summed E-state index contributed by atoms with van der Waals surface area (Å²) in [4.78, 5) is 0. The summed E-state index contributed by atoms with van der Waals surface area (Å²) in [6.07, 6.45) is 0. The van der Waals surface area contributed by atoms with Crippen molar-refractivity contribution in [2.24, 2.45) is 0 Å². The molecule has 1 aromatic carbocycles. The van der Waals surface area contributed by atoms with Crippen LogP contribution < -0.4 is 4.74 Å². The molecule has 1 aromatic heterocycles. The van der Waals surface area contributed by atoms with Gasteiger partial charge in [-0.1, -0.05) is 0 Å². The molecule has 0 fully saturated rings. The van der Waals surface area contributed by atoms with Gasteiger partial charge in [-0.25, -0.2) is 4.39 Å². The summed E-state index contributed by atoms with van der Waals surface area (Å²) in [7, 11) is 1.56. The summed E-state index contributed by atoms with van der Waals surface area (Å²) in [5.74, 6) is 0.408. The monoisotopic (exact) mass is 196 g/mol. The second-order valence-electron chi connectivity index (χ2n) is 2.85. The predicted molar refractivity (Wildman–Crippen MR) is 53.1 cm³/mol. The third kappa shape index (κ3) is 1.20. The Morgan fingerprint density at radius 1 is 1.46 bits per heavy atom. The number of hydrogen-bond acceptors (Lipinski definition) is 2. The molecule has 0 aliphatic carbocycles. The van der Waals surface area contributed by atoms with Gasteiger partial charge in [0, 0.05) is 21.7 Å². The van der Waals surface area contributed by atoms with E-state index in [-0.39, 0.29) is 5.82 Å². The van der Waals surface area contributed by atoms with Crippen molar-refractivity contribution in [3.8, 4) is 5.75 Å². The molecule has 0 bridgehead atoms. The molecular formula is C10H9FOS. The van der Waals surface area contributed by atoms with E-state index in [1.807, 2.05) is 12.3 Å². The average Bonchev–Trinajstić information content (AvgIpc) is 2.60. The maximum absolute atomic E-state index is 13.4. The first-order valence-corrected chi connectivity index (χ1v) is 4.82. The summed E-state index contributed by atoms with van der Waals surface area (Å²) < 4.78 is 19.4. The minimum absolute atomic E-state index is 0.210. The number of halogens is 1. The molecule has 0 radical (unpaired) electrons. The van der Waals surface area contributed by atoms with Crippen LogP contribution in [-0.4, -0.2) is 7.11 Å². The topological polar surface area (TPSA) is 9.23 Å². The van der Waals surface area contributed by atoms with E-state index < -0.39 is 0 Å². The average molecular weight is 196 g/mol. The number of fused-ring (bicyclic) bond motifs is 1. The van der Waals surface area contributed by atoms with Crippen LogP contribution in [-0.2, 0) is 0 Å². The molecule has 0 saturated carbocycles. The molecule has 0 spiro atoms. The number of thiophene rings is 1. The molecular weight excluding hydrogens is 187 g/mol. The molecule has 2 rings (SSSR count). The van der Waals surface area contributed by atoms with E-state index in [9.17, 15) is 4.39 Å². The van der Waals surface area contributed by atoms with Crippen molar-refractivity contribution in [2.45, 2.75) is 6.92 Å². The van der Waals surface area contributed by atoms with Gasteiger partial charge in [-0.3, -0.25) is 0 Å². The normalized spacial score (nSPS) is 10.7. The second-order valence-corrected chi connectivity index (χ2v) is 3.77. The van der Waals surface area contributed by atoms with Crippen LogP contribution in [0.2, 0.25) is 0 Å². The number of rotatable bonds is 1. The quantitative estimate of drug-likeness (QED) is 0.679. The van der Waals surface area contributed by atoms with Gasteiger partial charge < -0.3 is 4.74 Å². The molecule has 0 unspecified atom stereocenters. The highest BCUT2D eigenvalue weighted by molar-refractivity contribution is 7.17. The first kappa shape index (κ1) is 8.51. The Hall–Kier alpha value is -1.09. The molecule has 2 aromatic rings. The third-order valence-electron chi connectivity index (χ3n) is 2.11. The van der Waals surface area contributed by atoms with Crippen LogP contribution in [0.15, 0.2) is 17.5 Å². The van der Waals surface area contributed by atoms with Crippen molar-refractivity contribution >= 4 is 21.4 Å². The Morgan fingerprint density at radius 3 is 2.92 bits per heavy atom. The standard InChI is InChI=1S/C10H9FOS/c1-6-9(12-2)5-8(11)7-3-4-13-10(6)7/h3-5H,1-2H3. The van der Waals surface area contributed by atoms with Gasteiger partial charge in [-0.2, -0.15) is 0 Å². The van der Waals surface area contributed by atoms with Gasteiger partial charge in [0.25, 0.3) is 0 Å². The lowest BCUT2D eigenvalue weighted by Gasteiger charge is -2.05. The van der Waals surface area contributed by atoms with E-state index in [0.717, 1.165) is 10.3 Å². The number of methoxy groups -OCH3 is 1. The highest BCUT2D eigenvalue weighted by Crippen LogP contribution is 2.33. The SMILES string of the molecule is COc1cc(F)c2ccsc2c1C. The molecule has 13 heavy (non-hydrogen) atoms. The summed E-state index contributed by atoms with van der Waals surface area (Å²) in [5, 5.41) is 2.57. The van der Waals surface area contributed by atoms with Crippen molar-refractivity contribution in [3.63, 3.8) is 0 Å². The molecule has 1 nitrogen and oxygen atoms in total. The van der Waals surface area contributed by atoms with Gasteiger partial charge in [0.05, 0.1) is 7.11 Å². The highest BCUT2D eigenvalue weighted by atomic mass is 32.1. The molecule has 68 valence electrons. The van der Waals surface area contributed by atoms with Gasteiger partial charge in [-0.15, -0.1) is 11.3 Å². The Morgan fingerprint density at radius 2 is 2.23 bits per heavy atom. The number of hydrogen-bond donors (Lipinski definition) is 0. The molecule has 0 atom stereocenters. The fourth-order valence-corrected chi connectivity index (χ4v) is 2.32. The molecule has 0 saturated heterocycles. The molecule has 1 heterocycles. The lowest BCUT2D eigenvalue weighted by Crippen LogP contribution is -1.88. The molecule has 0 amide bonds. The fourth-order valence-electron chi connectivity index (χ4n) is 1.41. The summed E-state index contributed by atoms with van der Waals surface area (Å²) >= 11 is 1.54. The van der Waals surface area contributed by atoms with Crippen LogP contribution in [0.1, 0.15) is 5.56 Å². The minimum Gasteiger partial charge on any atom is -0.496 e. The van der Waals surface area contributed by atoms with E-state index in [2.05, 4.69) is 0 Å². The van der Waals surface area contributed by atoms with E-state index >= 15 is 0 Å². The second kappa shape index (κ2) is 3.00. The van der Waals surface area contributed by atoms with E-state index in [1.165, 1.54) is 17.4 Å². The van der Waals surface area contributed by atoms with E-state index in [0.29, 0.717) is 11.1 Å². The number of aryl methyl sites for hydroxylation is 1. The summed E-state index contributed by atoms with van der Waals surface area (Å²) in [6.45, 7) is 1.94. The van der Waals surface area contributed by atoms with Crippen LogP contribution in [0.5, 0.6) is 5.75 Å². The predicted octanol–water partition coefficient (Wildman–Crippen LogP) is 3.36. The fraction of sp³-hybridized carbons (Fsp3) is 0.200. The molecule has 3 heteroatoms. The largest absolute Gasteiger partial charge is 0.496 e. The maximum Gasteiger partial charge on any atom is 0.135 e. The zero-order chi connectivity index (χ0) is 9.42. The minimum atomic E-state index is -0.210. The van der Waals surface area contributed by atoms with Crippen molar-refractivity contribution in [1.29, 1.82) is 0 Å². The summed E-state index contributed by atoms with van der Waals surface area (Å²) in [6, 6.07) is 3.23. The smallest absolute Gasteiger partial charge is 0.135 e. The molecule has 0 aliphatic rings. The van der Waals surface area contributed by atoms with Gasteiger partial charge in [-0.05, 0) is 18.4 Å². The Balaban J connectivity index is 2.85. The first-order valence-electron chi connectivity index (χ1n) is 3.94. The Bertz CT molecular complexity index is 447. The molecule has 0 aliphatic heterocycles. The van der Waals surface area contributed by atoms with Gasteiger partial charge in [0.2, 0.25) is 0 Å².